The molecule has 0 saturated heterocycles. The number of carbonyl (C=O) groups is 1. The van der Waals surface area contributed by atoms with E-state index in [1.54, 1.807) is 0 Å². The van der Waals surface area contributed by atoms with Gasteiger partial charge in [-0.3, -0.25) is 4.79 Å². The fourth-order valence-corrected chi connectivity index (χ4v) is 2.08. The lowest BCUT2D eigenvalue weighted by atomic mass is 9.83. The normalized spacial score (nSPS) is 15.1. The highest BCUT2D eigenvalue weighted by Crippen LogP contribution is 2.26. The molecule has 0 aliphatic heterocycles. The number of rotatable bonds is 7. The Kier molecular flexibility index (Phi) is 6.10. The number of thiocarbonyl (C=S) groups is 1. The van der Waals surface area contributed by atoms with Gasteiger partial charge in [-0.15, -0.1) is 0 Å². The Morgan fingerprint density at radius 1 is 1.12 bits per heavy atom. The molecule has 0 rings (SSSR count). The summed E-state index contributed by atoms with van der Waals surface area (Å²) in [4.78, 5) is 12.6. The Labute approximate surface area is 111 Å². The van der Waals surface area contributed by atoms with E-state index >= 15 is 0 Å². The topological polar surface area (TPSA) is 55.1 Å². The van der Waals surface area contributed by atoms with Crippen molar-refractivity contribution < 1.29 is 4.79 Å². The molecule has 3 N–H and O–H groups in total. The number of hydrogen-bond donors (Lipinski definition) is 2. The zero-order valence-electron chi connectivity index (χ0n) is 11.7. The highest BCUT2D eigenvalue weighted by molar-refractivity contribution is 7.80. The fraction of sp³-hybridized carbons (Fsp3) is 0.846. The van der Waals surface area contributed by atoms with Crippen molar-refractivity contribution in [2.24, 2.45) is 11.1 Å². The van der Waals surface area contributed by atoms with Crippen LogP contribution in [-0.2, 0) is 4.79 Å². The number of nitrogens with two attached hydrogens (primary N) is 1. The van der Waals surface area contributed by atoms with Crippen molar-refractivity contribution in [2.45, 2.75) is 65.8 Å². The minimum Gasteiger partial charge on any atom is -0.392 e. The van der Waals surface area contributed by atoms with Crippen LogP contribution in [0.4, 0.5) is 0 Å². The van der Waals surface area contributed by atoms with Crippen LogP contribution in [0.1, 0.15) is 60.3 Å². The highest BCUT2D eigenvalue weighted by Gasteiger charge is 2.38. The fourth-order valence-electron chi connectivity index (χ4n) is 1.84. The first-order chi connectivity index (χ1) is 7.81. The Morgan fingerprint density at radius 3 is 1.76 bits per heavy atom. The van der Waals surface area contributed by atoms with Crippen molar-refractivity contribution in [1.82, 2.24) is 5.32 Å². The van der Waals surface area contributed by atoms with Crippen LogP contribution in [0.3, 0.4) is 0 Å². The first kappa shape index (κ1) is 16.4. The molecule has 0 aliphatic rings. The SMILES string of the molecule is CCC(CC)(CC)NC(=O)C(C)(CC)C(N)=S. The van der Waals surface area contributed by atoms with Gasteiger partial charge in [-0.05, 0) is 32.6 Å². The molecule has 0 radical (unpaired) electrons. The average Bonchev–Trinajstić information content (AvgIpc) is 2.34. The molecule has 1 amide bonds. The molecule has 0 aromatic heterocycles. The summed E-state index contributed by atoms with van der Waals surface area (Å²) in [5, 5.41) is 3.15. The second kappa shape index (κ2) is 6.34. The van der Waals surface area contributed by atoms with E-state index in [2.05, 4.69) is 26.1 Å². The van der Waals surface area contributed by atoms with E-state index in [4.69, 9.17) is 18.0 Å². The molecule has 100 valence electrons. The minimum atomic E-state index is -0.736. The van der Waals surface area contributed by atoms with Crippen molar-refractivity contribution in [1.29, 1.82) is 0 Å². The van der Waals surface area contributed by atoms with Gasteiger partial charge in [0.25, 0.3) is 0 Å². The van der Waals surface area contributed by atoms with Gasteiger partial charge in [0.15, 0.2) is 0 Å². The second-order valence-corrected chi connectivity index (χ2v) is 5.28. The maximum atomic E-state index is 12.4. The van der Waals surface area contributed by atoms with E-state index in [-0.39, 0.29) is 16.4 Å². The smallest absolute Gasteiger partial charge is 0.233 e. The Morgan fingerprint density at radius 2 is 1.53 bits per heavy atom. The molecule has 0 saturated carbocycles. The summed E-state index contributed by atoms with van der Waals surface area (Å²) >= 11 is 5.02. The van der Waals surface area contributed by atoms with Crippen molar-refractivity contribution in [2.75, 3.05) is 0 Å². The molecule has 17 heavy (non-hydrogen) atoms. The molecule has 0 aromatic carbocycles. The minimum absolute atomic E-state index is 0.0435. The molecule has 3 nitrogen and oxygen atoms in total. The van der Waals surface area contributed by atoms with Crippen LogP contribution < -0.4 is 11.1 Å². The Bertz CT molecular complexity index is 279. The second-order valence-electron chi connectivity index (χ2n) is 4.85. The summed E-state index contributed by atoms with van der Waals surface area (Å²) in [6.45, 7) is 10.0. The molecule has 1 atom stereocenters. The van der Waals surface area contributed by atoms with E-state index in [9.17, 15) is 4.79 Å². The molecule has 0 aliphatic carbocycles. The molecular formula is C13H26N2OS. The van der Waals surface area contributed by atoms with E-state index in [0.717, 1.165) is 19.3 Å². The quantitative estimate of drug-likeness (QED) is 0.690. The van der Waals surface area contributed by atoms with Gasteiger partial charge in [0.2, 0.25) is 5.91 Å². The molecule has 0 fully saturated rings. The molecule has 4 heteroatoms. The van der Waals surface area contributed by atoms with Crippen LogP contribution in [-0.4, -0.2) is 16.4 Å². The molecule has 0 aromatic rings. The van der Waals surface area contributed by atoms with Crippen molar-refractivity contribution in [3.8, 4) is 0 Å². The molecule has 1 unspecified atom stereocenters. The van der Waals surface area contributed by atoms with Gasteiger partial charge in [-0.1, -0.05) is 39.9 Å². The zero-order chi connectivity index (χ0) is 13.7. The highest BCUT2D eigenvalue weighted by atomic mass is 32.1. The van der Waals surface area contributed by atoms with Gasteiger partial charge in [0, 0.05) is 5.54 Å². The van der Waals surface area contributed by atoms with Gasteiger partial charge in [0.05, 0.1) is 10.4 Å². The van der Waals surface area contributed by atoms with Gasteiger partial charge in [-0.25, -0.2) is 0 Å². The van der Waals surface area contributed by atoms with Gasteiger partial charge in [0.1, 0.15) is 0 Å². The Balaban J connectivity index is 5.00. The van der Waals surface area contributed by atoms with Gasteiger partial charge >= 0.3 is 0 Å². The average molecular weight is 258 g/mol. The van der Waals surface area contributed by atoms with Crippen LogP contribution in [0.25, 0.3) is 0 Å². The summed E-state index contributed by atoms with van der Waals surface area (Å²) in [7, 11) is 0. The summed E-state index contributed by atoms with van der Waals surface area (Å²) in [5.74, 6) is -0.0435. The van der Waals surface area contributed by atoms with Crippen LogP contribution in [0, 0.1) is 5.41 Å². The van der Waals surface area contributed by atoms with Crippen molar-refractivity contribution >= 4 is 23.1 Å². The third-order valence-corrected chi connectivity index (χ3v) is 4.61. The van der Waals surface area contributed by atoms with Crippen LogP contribution in [0.5, 0.6) is 0 Å². The lowest BCUT2D eigenvalue weighted by Gasteiger charge is -2.36. The van der Waals surface area contributed by atoms with E-state index in [0.29, 0.717) is 6.42 Å². The van der Waals surface area contributed by atoms with E-state index < -0.39 is 5.41 Å². The summed E-state index contributed by atoms with van der Waals surface area (Å²) in [6.07, 6.45) is 3.38. The van der Waals surface area contributed by atoms with Crippen molar-refractivity contribution in [3.63, 3.8) is 0 Å². The predicted octanol–water partition coefficient (Wildman–Crippen LogP) is 2.77. The first-order valence-electron chi connectivity index (χ1n) is 6.44. The number of hydrogen-bond acceptors (Lipinski definition) is 2. The van der Waals surface area contributed by atoms with Gasteiger partial charge < -0.3 is 11.1 Å². The third kappa shape index (κ3) is 3.41. The number of carbonyl (C=O) groups excluding carboxylic acids is 1. The first-order valence-corrected chi connectivity index (χ1v) is 6.85. The van der Waals surface area contributed by atoms with Crippen LogP contribution in [0.2, 0.25) is 0 Å². The summed E-state index contributed by atoms with van der Waals surface area (Å²) in [6, 6.07) is 0. The van der Waals surface area contributed by atoms with E-state index in [1.165, 1.54) is 0 Å². The van der Waals surface area contributed by atoms with Gasteiger partial charge in [-0.2, -0.15) is 0 Å². The van der Waals surface area contributed by atoms with Crippen LogP contribution in [0.15, 0.2) is 0 Å². The largest absolute Gasteiger partial charge is 0.392 e. The monoisotopic (exact) mass is 258 g/mol. The Hall–Kier alpha value is -0.640. The maximum absolute atomic E-state index is 12.4. The maximum Gasteiger partial charge on any atom is 0.233 e. The lowest BCUT2D eigenvalue weighted by Crippen LogP contribution is -2.55. The predicted molar refractivity (Wildman–Crippen MR) is 76.9 cm³/mol. The molecule has 0 spiro atoms. The summed E-state index contributed by atoms with van der Waals surface area (Å²) < 4.78 is 0. The standard InChI is InChI=1S/C13H26N2OS/c1-6-12(5,10(14)17)11(16)15-13(7-2,8-3)9-4/h6-9H2,1-5H3,(H2,14,17)(H,15,16). The lowest BCUT2D eigenvalue weighted by molar-refractivity contribution is -0.129. The zero-order valence-corrected chi connectivity index (χ0v) is 12.5. The molecule has 0 bridgehead atoms. The number of nitrogens with one attached hydrogen (secondary N) is 1. The summed E-state index contributed by atoms with van der Waals surface area (Å²) in [5.41, 5.74) is 4.83. The third-order valence-electron chi connectivity index (χ3n) is 4.16. The molecular weight excluding hydrogens is 232 g/mol. The van der Waals surface area contributed by atoms with E-state index in [1.807, 2.05) is 13.8 Å². The number of amides is 1. The molecule has 0 heterocycles. The van der Waals surface area contributed by atoms with Crippen LogP contribution >= 0.6 is 12.2 Å². The van der Waals surface area contributed by atoms with Crippen molar-refractivity contribution in [3.05, 3.63) is 0 Å².